The molecule has 0 unspecified atom stereocenters. The lowest BCUT2D eigenvalue weighted by Crippen LogP contribution is -2.42. The van der Waals surface area contributed by atoms with E-state index >= 15 is 0 Å². The number of carbonyl (C=O) groups excluding carboxylic acids is 3. The van der Waals surface area contributed by atoms with Crippen LogP contribution in [0.3, 0.4) is 0 Å². The lowest BCUT2D eigenvalue weighted by atomic mass is 10.0. The van der Waals surface area contributed by atoms with Crippen LogP contribution < -0.4 is 0 Å². The van der Waals surface area contributed by atoms with Crippen LogP contribution >= 0.6 is 0 Å². The number of nitrogens with zero attached hydrogens (tertiary/aromatic N) is 1. The van der Waals surface area contributed by atoms with E-state index in [2.05, 4.69) is 13.8 Å². The quantitative estimate of drug-likeness (QED) is 0.0388. The Morgan fingerprint density at radius 1 is 0.510 bits per heavy atom. The Bertz CT molecular complexity index is 853. The molecule has 1 saturated heterocycles. The molecular formula is C42H79NO8. The van der Waals surface area contributed by atoms with Crippen molar-refractivity contribution in [2.75, 3.05) is 27.2 Å². The van der Waals surface area contributed by atoms with Crippen molar-refractivity contribution in [3.63, 3.8) is 0 Å². The predicted octanol–water partition coefficient (Wildman–Crippen LogP) is 9.98. The van der Waals surface area contributed by atoms with Gasteiger partial charge in [-0.2, -0.15) is 0 Å². The Morgan fingerprint density at radius 3 is 1.24 bits per heavy atom. The molecule has 0 aliphatic carbocycles. The number of rotatable bonds is 35. The zero-order chi connectivity index (χ0) is 37.4. The molecule has 0 aromatic rings. The van der Waals surface area contributed by atoms with Crippen molar-refractivity contribution in [2.24, 2.45) is 0 Å². The molecular weight excluding hydrogens is 646 g/mol. The average Bonchev–Trinajstić information content (AvgIpc) is 3.39. The molecule has 0 aromatic heterocycles. The molecule has 0 aromatic carbocycles. The van der Waals surface area contributed by atoms with Gasteiger partial charge in [-0.3, -0.25) is 14.4 Å². The molecule has 0 bridgehead atoms. The predicted molar refractivity (Wildman–Crippen MR) is 205 cm³/mol. The first-order chi connectivity index (χ1) is 24.8. The molecule has 9 nitrogen and oxygen atoms in total. The van der Waals surface area contributed by atoms with Crippen LogP contribution in [0.1, 0.15) is 200 Å². The molecule has 4 atom stereocenters. The second-order valence-corrected chi connectivity index (χ2v) is 15.2. The van der Waals surface area contributed by atoms with Gasteiger partial charge in [0.05, 0.1) is 6.42 Å². The molecule has 1 aliphatic rings. The van der Waals surface area contributed by atoms with Crippen LogP contribution in [0, 0.1) is 0 Å². The maximum atomic E-state index is 12.9. The second kappa shape index (κ2) is 32.9. The van der Waals surface area contributed by atoms with Crippen LogP contribution in [0.5, 0.6) is 0 Å². The van der Waals surface area contributed by atoms with E-state index in [1.807, 2.05) is 19.0 Å². The summed E-state index contributed by atoms with van der Waals surface area (Å²) in [5, 5.41) is 10.7. The average molecular weight is 726 g/mol. The normalized spacial score (nSPS) is 18.7. The maximum Gasteiger partial charge on any atom is 0.307 e. The summed E-state index contributed by atoms with van der Waals surface area (Å²) in [6, 6.07) is 0. The number of hydrogen-bond acceptors (Lipinski definition) is 9. The van der Waals surface area contributed by atoms with Gasteiger partial charge in [-0.15, -0.1) is 0 Å². The van der Waals surface area contributed by atoms with Crippen LogP contribution in [-0.4, -0.2) is 79.8 Å². The Hall–Kier alpha value is -1.71. The zero-order valence-corrected chi connectivity index (χ0v) is 33.5. The van der Waals surface area contributed by atoms with E-state index in [0.29, 0.717) is 19.4 Å². The number of unbranched alkanes of at least 4 members (excludes halogenated alkanes) is 24. The van der Waals surface area contributed by atoms with Crippen molar-refractivity contribution in [2.45, 2.75) is 225 Å². The summed E-state index contributed by atoms with van der Waals surface area (Å²) in [7, 11) is 3.74. The Labute approximate surface area is 312 Å². The van der Waals surface area contributed by atoms with Crippen molar-refractivity contribution >= 4 is 17.9 Å². The monoisotopic (exact) mass is 726 g/mol. The van der Waals surface area contributed by atoms with Crippen molar-refractivity contribution in [3.8, 4) is 0 Å². The lowest BCUT2D eigenvalue weighted by molar-refractivity contribution is -0.177. The molecule has 0 radical (unpaired) electrons. The first-order valence-corrected chi connectivity index (χ1v) is 21.3. The molecule has 1 rings (SSSR count). The molecule has 0 saturated carbocycles. The Morgan fingerprint density at radius 2 is 0.863 bits per heavy atom. The molecule has 51 heavy (non-hydrogen) atoms. The first-order valence-electron chi connectivity index (χ1n) is 21.3. The van der Waals surface area contributed by atoms with Gasteiger partial charge in [0.2, 0.25) is 0 Å². The highest BCUT2D eigenvalue weighted by molar-refractivity contribution is 5.71. The van der Waals surface area contributed by atoms with Gasteiger partial charge in [0.15, 0.2) is 18.5 Å². The maximum absolute atomic E-state index is 12.9. The van der Waals surface area contributed by atoms with E-state index in [4.69, 9.17) is 18.9 Å². The fourth-order valence-electron chi connectivity index (χ4n) is 6.67. The minimum atomic E-state index is -1.47. The van der Waals surface area contributed by atoms with Crippen LogP contribution in [0.25, 0.3) is 0 Å². The summed E-state index contributed by atoms with van der Waals surface area (Å²) in [5.41, 5.74) is 0. The first kappa shape index (κ1) is 47.3. The molecule has 1 N–H and O–H groups in total. The summed E-state index contributed by atoms with van der Waals surface area (Å²) < 4.78 is 22.4. The van der Waals surface area contributed by atoms with Crippen molar-refractivity contribution < 1.29 is 38.4 Å². The van der Waals surface area contributed by atoms with E-state index in [-0.39, 0.29) is 25.9 Å². The molecule has 9 heteroatoms. The van der Waals surface area contributed by atoms with Crippen molar-refractivity contribution in [3.05, 3.63) is 0 Å². The van der Waals surface area contributed by atoms with Crippen LogP contribution in [-0.2, 0) is 33.3 Å². The number of esters is 3. The number of aliphatic hydroxyl groups excluding tert-OH is 1. The number of carbonyl (C=O) groups is 3. The molecule has 1 fully saturated rings. The standard InChI is InChI=1S/C42H79NO8/c1-5-7-9-11-13-15-17-19-21-23-25-27-29-31-38(45)50-40-36(35-48-37(44)33-34-43(3)4)49-42(47)41(40)51-39(46)32-30-28-26-24-22-20-18-16-14-12-10-8-6-2/h36,40-42,47H,5-35H2,1-4H3/t36-,40+,41+,42-/m1/s1. The highest BCUT2D eigenvalue weighted by atomic mass is 16.7. The smallest absolute Gasteiger partial charge is 0.307 e. The fourth-order valence-corrected chi connectivity index (χ4v) is 6.67. The van der Waals surface area contributed by atoms with E-state index in [9.17, 15) is 19.5 Å². The van der Waals surface area contributed by atoms with Gasteiger partial charge >= 0.3 is 17.9 Å². The van der Waals surface area contributed by atoms with E-state index in [1.54, 1.807) is 0 Å². The van der Waals surface area contributed by atoms with Gasteiger partial charge in [-0.25, -0.2) is 0 Å². The van der Waals surface area contributed by atoms with Crippen molar-refractivity contribution in [1.29, 1.82) is 0 Å². The third-order valence-corrected chi connectivity index (χ3v) is 9.96. The number of ether oxygens (including phenoxy) is 4. The molecule has 0 spiro atoms. The van der Waals surface area contributed by atoms with Gasteiger partial charge in [-0.1, -0.05) is 168 Å². The van der Waals surface area contributed by atoms with E-state index in [1.165, 1.54) is 128 Å². The summed E-state index contributed by atoms with van der Waals surface area (Å²) >= 11 is 0. The molecule has 1 heterocycles. The lowest BCUT2D eigenvalue weighted by Gasteiger charge is -2.23. The summed E-state index contributed by atoms with van der Waals surface area (Å²) in [6.07, 6.45) is 27.6. The third kappa shape index (κ3) is 26.7. The molecule has 300 valence electrons. The largest absolute Gasteiger partial charge is 0.463 e. The topological polar surface area (TPSA) is 112 Å². The van der Waals surface area contributed by atoms with Gasteiger partial charge in [0.25, 0.3) is 0 Å². The summed E-state index contributed by atoms with van der Waals surface area (Å²) in [6.45, 7) is 4.83. The van der Waals surface area contributed by atoms with Crippen molar-refractivity contribution in [1.82, 2.24) is 4.90 Å². The van der Waals surface area contributed by atoms with Crippen LogP contribution in [0.4, 0.5) is 0 Å². The van der Waals surface area contributed by atoms with Crippen LogP contribution in [0.15, 0.2) is 0 Å². The van der Waals surface area contributed by atoms with Gasteiger partial charge in [0, 0.05) is 19.4 Å². The third-order valence-electron chi connectivity index (χ3n) is 9.96. The minimum Gasteiger partial charge on any atom is -0.463 e. The van der Waals surface area contributed by atoms with E-state index in [0.717, 1.165) is 25.7 Å². The zero-order valence-electron chi connectivity index (χ0n) is 33.5. The number of aliphatic hydroxyl groups is 1. The fraction of sp³-hybridized carbons (Fsp3) is 0.929. The Kier molecular flexibility index (Phi) is 30.5. The van der Waals surface area contributed by atoms with Gasteiger partial charge < -0.3 is 29.0 Å². The SMILES string of the molecule is CCCCCCCCCCCCCCCC(=O)O[C@@H]1[C@H](OC(=O)CCCCCCCCCCCCCCC)[C@H](O)O[C@@H]1COC(=O)CCN(C)C. The summed E-state index contributed by atoms with van der Waals surface area (Å²) in [5.74, 6) is -1.30. The highest BCUT2D eigenvalue weighted by Gasteiger charge is 2.49. The minimum absolute atomic E-state index is 0.198. The molecule has 0 amide bonds. The van der Waals surface area contributed by atoms with Gasteiger partial charge in [0.1, 0.15) is 12.7 Å². The van der Waals surface area contributed by atoms with Gasteiger partial charge in [-0.05, 0) is 26.9 Å². The second-order valence-electron chi connectivity index (χ2n) is 15.2. The Balaban J connectivity index is 2.41. The van der Waals surface area contributed by atoms with E-state index < -0.39 is 42.5 Å². The highest BCUT2D eigenvalue weighted by Crippen LogP contribution is 2.27. The van der Waals surface area contributed by atoms with Crippen LogP contribution in [0.2, 0.25) is 0 Å². The molecule has 1 aliphatic heterocycles. The summed E-state index contributed by atoms with van der Waals surface area (Å²) in [4.78, 5) is 39.8. The number of hydrogen-bond donors (Lipinski definition) is 1.